The van der Waals surface area contributed by atoms with Crippen LogP contribution in [0.5, 0.6) is 0 Å². The summed E-state index contributed by atoms with van der Waals surface area (Å²) in [4.78, 5) is 0. The Bertz CT molecular complexity index is 377. The smallest absolute Gasteiger partial charge is 0.270 e. The third kappa shape index (κ3) is 2.64. The van der Waals surface area contributed by atoms with Crippen LogP contribution in [0.4, 0.5) is 8.78 Å². The molecule has 1 heterocycles. The Morgan fingerprint density at radius 2 is 1.71 bits per heavy atom. The second-order valence-electron chi connectivity index (χ2n) is 4.75. The summed E-state index contributed by atoms with van der Waals surface area (Å²) in [6, 6.07) is 6.01. The highest BCUT2D eigenvalue weighted by Gasteiger charge is 2.32. The third-order valence-corrected chi connectivity index (χ3v) is 3.36. The number of hydrogen-bond donors (Lipinski definition) is 2. The minimum Gasteiger partial charge on any atom is -0.385 e. The van der Waals surface area contributed by atoms with E-state index in [1.54, 1.807) is 12.1 Å². The third-order valence-electron chi connectivity index (χ3n) is 3.36. The Morgan fingerprint density at radius 1 is 1.18 bits per heavy atom. The van der Waals surface area contributed by atoms with E-state index in [0.29, 0.717) is 12.8 Å². The van der Waals surface area contributed by atoms with E-state index in [-0.39, 0.29) is 5.56 Å². The summed E-state index contributed by atoms with van der Waals surface area (Å²) >= 11 is 0. The Kier molecular flexibility index (Phi) is 3.19. The monoisotopic (exact) mass is 241 g/mol. The summed E-state index contributed by atoms with van der Waals surface area (Å²) in [6.07, 6.45) is 1.24. The van der Waals surface area contributed by atoms with Crippen molar-refractivity contribution in [2.75, 3.05) is 13.1 Å². The molecule has 2 rings (SSSR count). The van der Waals surface area contributed by atoms with Gasteiger partial charge in [-0.25, -0.2) is 8.78 Å². The van der Waals surface area contributed by atoms with Crippen LogP contribution in [0.3, 0.4) is 0 Å². The molecule has 0 unspecified atom stereocenters. The zero-order chi connectivity index (χ0) is 12.5. The number of aliphatic hydroxyl groups is 1. The fourth-order valence-electron chi connectivity index (χ4n) is 2.20. The molecule has 2 nitrogen and oxygen atoms in total. The van der Waals surface area contributed by atoms with Crippen molar-refractivity contribution in [1.82, 2.24) is 5.32 Å². The van der Waals surface area contributed by atoms with Crippen molar-refractivity contribution in [3.63, 3.8) is 0 Å². The van der Waals surface area contributed by atoms with Gasteiger partial charge in [0.2, 0.25) is 0 Å². The first-order valence-electron chi connectivity index (χ1n) is 5.84. The van der Waals surface area contributed by atoms with Crippen molar-refractivity contribution in [2.45, 2.75) is 31.3 Å². The second kappa shape index (κ2) is 4.35. The first-order valence-corrected chi connectivity index (χ1v) is 5.84. The van der Waals surface area contributed by atoms with Gasteiger partial charge >= 0.3 is 0 Å². The lowest BCUT2D eigenvalue weighted by atomic mass is 9.84. The molecular formula is C13H17F2NO. The summed E-state index contributed by atoms with van der Waals surface area (Å²) in [5.74, 6) is -2.82. The SMILES string of the molecule is CC(F)(F)c1ccc(C2(O)CCNCC2)cc1. The maximum Gasteiger partial charge on any atom is 0.270 e. The first-order chi connectivity index (χ1) is 7.92. The van der Waals surface area contributed by atoms with Gasteiger partial charge in [-0.2, -0.15) is 0 Å². The zero-order valence-electron chi connectivity index (χ0n) is 9.84. The minimum atomic E-state index is -2.82. The topological polar surface area (TPSA) is 32.3 Å². The van der Waals surface area contributed by atoms with E-state index in [1.165, 1.54) is 12.1 Å². The van der Waals surface area contributed by atoms with Crippen LogP contribution in [-0.4, -0.2) is 18.2 Å². The quantitative estimate of drug-likeness (QED) is 0.833. The Balaban J connectivity index is 2.23. The van der Waals surface area contributed by atoms with E-state index in [2.05, 4.69) is 5.32 Å². The maximum absolute atomic E-state index is 13.1. The molecule has 0 aromatic heterocycles. The van der Waals surface area contributed by atoms with E-state index >= 15 is 0 Å². The number of benzene rings is 1. The van der Waals surface area contributed by atoms with Gasteiger partial charge in [-0.1, -0.05) is 24.3 Å². The molecule has 0 spiro atoms. The van der Waals surface area contributed by atoms with E-state index in [1.807, 2.05) is 0 Å². The maximum atomic E-state index is 13.1. The fraction of sp³-hybridized carbons (Fsp3) is 0.538. The van der Waals surface area contributed by atoms with Gasteiger partial charge in [0.05, 0.1) is 5.60 Å². The number of nitrogens with one attached hydrogen (secondary N) is 1. The average Bonchev–Trinajstić information content (AvgIpc) is 2.29. The van der Waals surface area contributed by atoms with Crippen LogP contribution < -0.4 is 5.32 Å². The molecule has 1 saturated heterocycles. The molecule has 0 aliphatic carbocycles. The van der Waals surface area contributed by atoms with Crippen LogP contribution in [0.2, 0.25) is 0 Å². The highest BCUT2D eigenvalue weighted by atomic mass is 19.3. The van der Waals surface area contributed by atoms with Gasteiger partial charge in [-0.15, -0.1) is 0 Å². The lowest BCUT2D eigenvalue weighted by molar-refractivity contribution is 0.00472. The van der Waals surface area contributed by atoms with Crippen LogP contribution in [-0.2, 0) is 11.5 Å². The molecule has 0 radical (unpaired) electrons. The number of halogens is 2. The molecule has 0 bridgehead atoms. The van der Waals surface area contributed by atoms with Crippen LogP contribution in [0.15, 0.2) is 24.3 Å². The molecule has 1 aliphatic rings. The van der Waals surface area contributed by atoms with Crippen molar-refractivity contribution in [2.24, 2.45) is 0 Å². The standard InChI is InChI=1S/C13H17F2NO/c1-12(14,15)10-2-4-11(5-3-10)13(17)6-8-16-9-7-13/h2-5,16-17H,6-9H2,1H3. The van der Waals surface area contributed by atoms with Crippen molar-refractivity contribution in [3.8, 4) is 0 Å². The molecule has 94 valence electrons. The molecule has 1 aliphatic heterocycles. The summed E-state index contributed by atoms with van der Waals surface area (Å²) < 4.78 is 26.1. The van der Waals surface area contributed by atoms with Crippen molar-refractivity contribution in [3.05, 3.63) is 35.4 Å². The van der Waals surface area contributed by atoms with E-state index in [9.17, 15) is 13.9 Å². The van der Waals surface area contributed by atoms with Gasteiger partial charge in [-0.05, 0) is 31.5 Å². The molecular weight excluding hydrogens is 224 g/mol. The molecule has 17 heavy (non-hydrogen) atoms. The Labute approximate surface area is 99.7 Å². The molecule has 1 aromatic rings. The van der Waals surface area contributed by atoms with Crippen LogP contribution in [0.25, 0.3) is 0 Å². The average molecular weight is 241 g/mol. The molecule has 2 N–H and O–H groups in total. The predicted molar refractivity (Wildman–Crippen MR) is 62.0 cm³/mol. The van der Waals surface area contributed by atoms with E-state index in [0.717, 1.165) is 25.6 Å². The fourth-order valence-corrected chi connectivity index (χ4v) is 2.20. The van der Waals surface area contributed by atoms with Crippen LogP contribution in [0.1, 0.15) is 30.9 Å². The zero-order valence-corrected chi connectivity index (χ0v) is 9.84. The summed E-state index contributed by atoms with van der Waals surface area (Å²) in [7, 11) is 0. The Morgan fingerprint density at radius 3 is 2.18 bits per heavy atom. The van der Waals surface area contributed by atoms with Crippen LogP contribution in [0, 0.1) is 0 Å². The summed E-state index contributed by atoms with van der Waals surface area (Å²) in [5, 5.41) is 13.6. The van der Waals surface area contributed by atoms with Gasteiger partial charge in [0, 0.05) is 12.5 Å². The molecule has 1 aromatic carbocycles. The lowest BCUT2D eigenvalue weighted by Crippen LogP contribution is -2.39. The van der Waals surface area contributed by atoms with Crippen molar-refractivity contribution >= 4 is 0 Å². The van der Waals surface area contributed by atoms with Gasteiger partial charge < -0.3 is 10.4 Å². The lowest BCUT2D eigenvalue weighted by Gasteiger charge is -2.33. The van der Waals surface area contributed by atoms with Gasteiger partial charge in [-0.3, -0.25) is 0 Å². The van der Waals surface area contributed by atoms with E-state index in [4.69, 9.17) is 0 Å². The van der Waals surface area contributed by atoms with Crippen molar-refractivity contribution < 1.29 is 13.9 Å². The number of alkyl halides is 2. The van der Waals surface area contributed by atoms with Gasteiger partial charge in [0.25, 0.3) is 5.92 Å². The highest BCUT2D eigenvalue weighted by molar-refractivity contribution is 5.29. The number of piperidine rings is 1. The summed E-state index contributed by atoms with van der Waals surface area (Å²) in [6.45, 7) is 2.38. The molecule has 1 fully saturated rings. The molecule has 0 saturated carbocycles. The highest BCUT2D eigenvalue weighted by Crippen LogP contribution is 2.33. The Hall–Kier alpha value is -1.00. The van der Waals surface area contributed by atoms with Crippen LogP contribution >= 0.6 is 0 Å². The molecule has 0 atom stereocenters. The molecule has 0 amide bonds. The van der Waals surface area contributed by atoms with E-state index < -0.39 is 11.5 Å². The second-order valence-corrected chi connectivity index (χ2v) is 4.75. The van der Waals surface area contributed by atoms with Gasteiger partial charge in [0.1, 0.15) is 0 Å². The van der Waals surface area contributed by atoms with Gasteiger partial charge in [0.15, 0.2) is 0 Å². The largest absolute Gasteiger partial charge is 0.385 e. The van der Waals surface area contributed by atoms with Crippen molar-refractivity contribution in [1.29, 1.82) is 0 Å². The normalized spacial score (nSPS) is 20.2. The molecule has 4 heteroatoms. The number of hydrogen-bond acceptors (Lipinski definition) is 2. The first kappa shape index (κ1) is 12.5. The minimum absolute atomic E-state index is 0.0150. The number of rotatable bonds is 2. The summed E-state index contributed by atoms with van der Waals surface area (Å²) in [5.41, 5.74) is -0.155. The predicted octanol–water partition coefficient (Wildman–Crippen LogP) is 2.37.